The summed E-state index contributed by atoms with van der Waals surface area (Å²) in [7, 11) is 1.55. The van der Waals surface area contributed by atoms with Crippen molar-refractivity contribution in [2.24, 2.45) is 0 Å². The molecule has 0 aliphatic carbocycles. The first-order valence-corrected chi connectivity index (χ1v) is 10.4. The largest absolute Gasteiger partial charge is 0.496 e. The normalized spacial score (nSPS) is 12.8. The molecule has 0 radical (unpaired) electrons. The zero-order valence-corrected chi connectivity index (χ0v) is 18.0. The van der Waals surface area contributed by atoms with Crippen LogP contribution in [0, 0.1) is 6.92 Å². The highest BCUT2D eigenvalue weighted by molar-refractivity contribution is 6.31. The van der Waals surface area contributed by atoms with E-state index in [9.17, 15) is 4.79 Å². The topological polar surface area (TPSA) is 52.3 Å². The molecule has 2 aromatic carbocycles. The molecule has 31 heavy (non-hydrogen) atoms. The molecule has 0 unspecified atom stereocenters. The lowest BCUT2D eigenvalue weighted by Gasteiger charge is -2.19. The maximum absolute atomic E-state index is 13.3. The Kier molecular flexibility index (Phi) is 4.79. The van der Waals surface area contributed by atoms with Crippen molar-refractivity contribution in [3.8, 4) is 17.3 Å². The summed E-state index contributed by atoms with van der Waals surface area (Å²) in [6.45, 7) is 2.96. The Morgan fingerprint density at radius 2 is 1.84 bits per heavy atom. The molecular formula is C24H21ClN4O2. The number of hydrogen-bond acceptors (Lipinski definition) is 3. The number of halogens is 1. The number of amides is 1. The second-order valence-electron chi connectivity index (χ2n) is 7.54. The molecular weight excluding hydrogens is 412 g/mol. The Hall–Kier alpha value is -3.51. The lowest BCUT2D eigenvalue weighted by molar-refractivity contribution is 0.0746. The molecule has 0 spiro atoms. The number of ether oxygens (including phenoxy) is 1. The molecule has 0 saturated heterocycles. The van der Waals surface area contributed by atoms with Crippen LogP contribution in [0.2, 0.25) is 5.02 Å². The van der Waals surface area contributed by atoms with E-state index in [-0.39, 0.29) is 5.91 Å². The minimum Gasteiger partial charge on any atom is -0.496 e. The summed E-state index contributed by atoms with van der Waals surface area (Å²) in [4.78, 5) is 15.1. The number of fused-ring (bicyclic) bond motifs is 1. The summed E-state index contributed by atoms with van der Waals surface area (Å²) in [6.07, 6.45) is 3.99. The van der Waals surface area contributed by atoms with Crippen LogP contribution < -0.4 is 4.74 Å². The number of methoxy groups -OCH3 is 1. The number of rotatable bonds is 4. The van der Waals surface area contributed by atoms with Crippen LogP contribution in [-0.2, 0) is 13.1 Å². The fourth-order valence-corrected chi connectivity index (χ4v) is 4.25. The third kappa shape index (κ3) is 3.29. The monoisotopic (exact) mass is 432 g/mol. The average molecular weight is 433 g/mol. The van der Waals surface area contributed by atoms with E-state index in [1.807, 2.05) is 45.9 Å². The van der Waals surface area contributed by atoms with E-state index >= 15 is 0 Å². The molecule has 0 N–H and O–H groups in total. The molecule has 0 atom stereocenters. The molecule has 1 aliphatic rings. The average Bonchev–Trinajstić information content (AvgIpc) is 3.49. The van der Waals surface area contributed by atoms with Crippen LogP contribution in [0.4, 0.5) is 0 Å². The maximum Gasteiger partial charge on any atom is 0.258 e. The smallest absolute Gasteiger partial charge is 0.258 e. The minimum atomic E-state index is -0.127. The first-order valence-electron chi connectivity index (χ1n) is 9.99. The predicted octanol–water partition coefficient (Wildman–Crippen LogP) is 4.79. The van der Waals surface area contributed by atoms with Gasteiger partial charge in [-0.3, -0.25) is 4.79 Å². The zero-order valence-electron chi connectivity index (χ0n) is 17.2. The first kappa shape index (κ1) is 19.5. The van der Waals surface area contributed by atoms with Gasteiger partial charge in [-0.2, -0.15) is 5.10 Å². The van der Waals surface area contributed by atoms with Crippen LogP contribution in [-0.4, -0.2) is 32.3 Å². The molecule has 156 valence electrons. The van der Waals surface area contributed by atoms with Gasteiger partial charge < -0.3 is 14.2 Å². The van der Waals surface area contributed by atoms with Crippen molar-refractivity contribution in [2.45, 2.75) is 20.0 Å². The van der Waals surface area contributed by atoms with Gasteiger partial charge in [0, 0.05) is 23.0 Å². The molecule has 2 aromatic heterocycles. The van der Waals surface area contributed by atoms with Crippen molar-refractivity contribution in [1.82, 2.24) is 19.2 Å². The highest BCUT2D eigenvalue weighted by Gasteiger charge is 2.33. The Morgan fingerprint density at radius 1 is 1.06 bits per heavy atom. The van der Waals surface area contributed by atoms with E-state index in [0.717, 1.165) is 28.3 Å². The van der Waals surface area contributed by atoms with Gasteiger partial charge in [-0.1, -0.05) is 29.8 Å². The molecule has 1 aliphatic heterocycles. The third-order valence-electron chi connectivity index (χ3n) is 5.60. The van der Waals surface area contributed by atoms with Crippen LogP contribution in [0.25, 0.3) is 11.5 Å². The van der Waals surface area contributed by atoms with Crippen LogP contribution in [0.1, 0.15) is 27.2 Å². The summed E-state index contributed by atoms with van der Waals surface area (Å²) >= 11 is 6.14. The van der Waals surface area contributed by atoms with Gasteiger partial charge in [0.05, 0.1) is 37.1 Å². The Labute approximate surface area is 185 Å². The van der Waals surface area contributed by atoms with Gasteiger partial charge in [-0.25, -0.2) is 4.68 Å². The van der Waals surface area contributed by atoms with Gasteiger partial charge in [0.2, 0.25) is 0 Å². The highest BCUT2D eigenvalue weighted by Crippen LogP contribution is 2.33. The van der Waals surface area contributed by atoms with Gasteiger partial charge in [0.15, 0.2) is 0 Å². The van der Waals surface area contributed by atoms with Crippen LogP contribution >= 0.6 is 11.6 Å². The van der Waals surface area contributed by atoms with E-state index in [1.165, 1.54) is 0 Å². The molecule has 0 fully saturated rings. The second kappa shape index (κ2) is 7.63. The Morgan fingerprint density at radius 3 is 2.58 bits per heavy atom. The second-order valence-corrected chi connectivity index (χ2v) is 7.98. The predicted molar refractivity (Wildman–Crippen MR) is 119 cm³/mol. The van der Waals surface area contributed by atoms with Crippen molar-refractivity contribution in [1.29, 1.82) is 0 Å². The quantitative estimate of drug-likeness (QED) is 0.466. The summed E-state index contributed by atoms with van der Waals surface area (Å²) in [5, 5.41) is 5.41. The van der Waals surface area contributed by atoms with E-state index < -0.39 is 0 Å². The van der Waals surface area contributed by atoms with Gasteiger partial charge >= 0.3 is 0 Å². The van der Waals surface area contributed by atoms with E-state index in [4.69, 9.17) is 21.4 Å². The van der Waals surface area contributed by atoms with Crippen molar-refractivity contribution in [3.63, 3.8) is 0 Å². The number of nitrogens with zero attached hydrogens (tertiary/aromatic N) is 4. The Bertz CT molecular complexity index is 1280. The molecule has 7 heteroatoms. The standard InChI is InChI=1S/C24H21ClN4O2/c1-16-7-3-4-8-21(16)29-23(27-11-5-6-12-27)19-14-28(15-20(19)26-29)24(30)18-13-17(25)9-10-22(18)31-2/h3-13H,14-15H2,1-2H3. The SMILES string of the molecule is COc1ccc(Cl)cc1C(=O)N1Cc2nn(-c3ccccc3C)c(-n3cccc3)c2C1. The number of carbonyl (C=O) groups is 1. The summed E-state index contributed by atoms with van der Waals surface area (Å²) in [5.41, 5.74) is 4.54. The van der Waals surface area contributed by atoms with Crippen LogP contribution in [0.15, 0.2) is 67.0 Å². The van der Waals surface area contributed by atoms with Crippen molar-refractivity contribution in [2.75, 3.05) is 7.11 Å². The van der Waals surface area contributed by atoms with Gasteiger partial charge in [-0.15, -0.1) is 0 Å². The van der Waals surface area contributed by atoms with Gasteiger partial charge in [0.1, 0.15) is 11.6 Å². The van der Waals surface area contributed by atoms with Crippen molar-refractivity contribution in [3.05, 3.63) is 94.4 Å². The zero-order chi connectivity index (χ0) is 21.5. The number of carbonyl (C=O) groups excluding carboxylic acids is 1. The molecule has 4 aromatic rings. The number of para-hydroxylation sites is 1. The van der Waals surface area contributed by atoms with Crippen LogP contribution in [0.3, 0.4) is 0 Å². The number of benzene rings is 2. The van der Waals surface area contributed by atoms with Gasteiger partial charge in [-0.05, 0) is 48.9 Å². The van der Waals surface area contributed by atoms with Crippen molar-refractivity contribution >= 4 is 17.5 Å². The fourth-order valence-electron chi connectivity index (χ4n) is 4.07. The molecule has 0 bridgehead atoms. The van der Waals surface area contributed by atoms with Crippen LogP contribution in [0.5, 0.6) is 5.75 Å². The molecule has 5 rings (SSSR count). The summed E-state index contributed by atoms with van der Waals surface area (Å²) < 4.78 is 9.40. The fraction of sp³-hybridized carbons (Fsp3) is 0.167. The number of aryl methyl sites for hydroxylation is 1. The molecule has 0 saturated carbocycles. The summed E-state index contributed by atoms with van der Waals surface area (Å²) in [6, 6.07) is 17.2. The first-order chi connectivity index (χ1) is 15.1. The lowest BCUT2D eigenvalue weighted by Crippen LogP contribution is -2.27. The maximum atomic E-state index is 13.3. The lowest BCUT2D eigenvalue weighted by atomic mass is 10.1. The molecule has 1 amide bonds. The molecule has 3 heterocycles. The number of aromatic nitrogens is 3. The molecule has 6 nitrogen and oxygen atoms in total. The third-order valence-corrected chi connectivity index (χ3v) is 5.84. The Balaban J connectivity index is 1.56. The van der Waals surface area contributed by atoms with Gasteiger partial charge in [0.25, 0.3) is 5.91 Å². The summed E-state index contributed by atoms with van der Waals surface area (Å²) in [5.74, 6) is 1.33. The van der Waals surface area contributed by atoms with E-state index in [2.05, 4.69) is 19.1 Å². The van der Waals surface area contributed by atoms with Crippen molar-refractivity contribution < 1.29 is 9.53 Å². The minimum absolute atomic E-state index is 0.127. The van der Waals surface area contributed by atoms with E-state index in [0.29, 0.717) is 29.4 Å². The highest BCUT2D eigenvalue weighted by atomic mass is 35.5. The van der Waals surface area contributed by atoms with E-state index in [1.54, 1.807) is 30.2 Å². The number of hydrogen-bond donors (Lipinski definition) is 0.